The number of hydrogen-bond acceptors (Lipinski definition) is 3. The van der Waals surface area contributed by atoms with Crippen LogP contribution in [0.15, 0.2) is 36.5 Å². The van der Waals surface area contributed by atoms with Crippen molar-refractivity contribution in [2.24, 2.45) is 7.05 Å². The highest BCUT2D eigenvalue weighted by Crippen LogP contribution is 2.17. The molecule has 0 atom stereocenters. The second-order valence-electron chi connectivity index (χ2n) is 4.54. The first kappa shape index (κ1) is 14.5. The van der Waals surface area contributed by atoms with E-state index in [-0.39, 0.29) is 5.91 Å². The van der Waals surface area contributed by atoms with E-state index in [9.17, 15) is 9.59 Å². The Hall–Kier alpha value is -2.89. The van der Waals surface area contributed by atoms with Crippen molar-refractivity contribution in [3.05, 3.63) is 53.4 Å². The number of aryl methyl sites for hydroxylation is 2. The largest absolute Gasteiger partial charge is 0.478 e. The van der Waals surface area contributed by atoms with Crippen molar-refractivity contribution in [3.63, 3.8) is 0 Å². The van der Waals surface area contributed by atoms with E-state index < -0.39 is 5.97 Å². The standard InChI is InChI=1S/C15H15N3O3/c1-10-9-12(5-3-11(10)4-6-14(19)20)17-15(21)13-7-8-16-18(13)2/h3-9H,1-2H3,(H,17,21)(H,19,20). The van der Waals surface area contributed by atoms with Crippen LogP contribution in [0.4, 0.5) is 5.69 Å². The molecule has 1 aromatic carbocycles. The molecule has 0 aliphatic heterocycles. The molecule has 1 heterocycles. The number of carbonyl (C=O) groups excluding carboxylic acids is 1. The highest BCUT2D eigenvalue weighted by molar-refractivity contribution is 6.03. The van der Waals surface area contributed by atoms with Gasteiger partial charge in [0.2, 0.25) is 0 Å². The van der Waals surface area contributed by atoms with E-state index in [0.29, 0.717) is 11.4 Å². The van der Waals surface area contributed by atoms with Crippen LogP contribution in [0.2, 0.25) is 0 Å². The van der Waals surface area contributed by atoms with Crippen LogP contribution in [-0.4, -0.2) is 26.8 Å². The van der Waals surface area contributed by atoms with Gasteiger partial charge >= 0.3 is 5.97 Å². The molecule has 6 heteroatoms. The molecule has 0 radical (unpaired) electrons. The Morgan fingerprint density at radius 3 is 2.67 bits per heavy atom. The molecule has 2 aromatic rings. The molecule has 2 N–H and O–H groups in total. The smallest absolute Gasteiger partial charge is 0.328 e. The molecule has 108 valence electrons. The Morgan fingerprint density at radius 2 is 2.10 bits per heavy atom. The zero-order valence-electron chi connectivity index (χ0n) is 11.7. The monoisotopic (exact) mass is 285 g/mol. The molecule has 1 aromatic heterocycles. The van der Waals surface area contributed by atoms with E-state index >= 15 is 0 Å². The lowest BCUT2D eigenvalue weighted by atomic mass is 10.1. The molecule has 0 unspecified atom stereocenters. The predicted molar refractivity (Wildman–Crippen MR) is 79.0 cm³/mol. The molecule has 0 bridgehead atoms. The Kier molecular flexibility index (Phi) is 4.18. The number of aliphatic carboxylic acids is 1. The van der Waals surface area contributed by atoms with Crippen molar-refractivity contribution >= 4 is 23.6 Å². The molecule has 1 amide bonds. The van der Waals surface area contributed by atoms with Crippen molar-refractivity contribution in [1.29, 1.82) is 0 Å². The molecule has 0 fully saturated rings. The van der Waals surface area contributed by atoms with Gasteiger partial charge in [0.05, 0.1) is 0 Å². The topological polar surface area (TPSA) is 84.2 Å². The fourth-order valence-electron chi connectivity index (χ4n) is 1.89. The number of rotatable bonds is 4. The summed E-state index contributed by atoms with van der Waals surface area (Å²) in [7, 11) is 1.69. The van der Waals surface area contributed by atoms with Gasteiger partial charge in [-0.3, -0.25) is 9.48 Å². The van der Waals surface area contributed by atoms with Crippen LogP contribution in [0, 0.1) is 6.92 Å². The number of anilines is 1. The number of carboxylic acids is 1. The summed E-state index contributed by atoms with van der Waals surface area (Å²) in [6.45, 7) is 1.85. The van der Waals surface area contributed by atoms with E-state index in [1.54, 1.807) is 37.5 Å². The van der Waals surface area contributed by atoms with E-state index in [2.05, 4.69) is 10.4 Å². The first-order valence-corrected chi connectivity index (χ1v) is 6.28. The van der Waals surface area contributed by atoms with Gasteiger partial charge in [-0.05, 0) is 42.3 Å². The second-order valence-corrected chi connectivity index (χ2v) is 4.54. The first-order chi connectivity index (χ1) is 9.97. The predicted octanol–water partition coefficient (Wildman–Crippen LogP) is 2.08. The van der Waals surface area contributed by atoms with Gasteiger partial charge in [-0.15, -0.1) is 0 Å². The van der Waals surface area contributed by atoms with Crippen LogP contribution in [-0.2, 0) is 11.8 Å². The molecule has 0 aliphatic carbocycles. The Balaban J connectivity index is 2.15. The summed E-state index contributed by atoms with van der Waals surface area (Å²) < 4.78 is 1.49. The van der Waals surface area contributed by atoms with Gasteiger partial charge < -0.3 is 10.4 Å². The highest BCUT2D eigenvalue weighted by Gasteiger charge is 2.10. The van der Waals surface area contributed by atoms with Crippen LogP contribution in [0.5, 0.6) is 0 Å². The number of nitrogens with zero attached hydrogens (tertiary/aromatic N) is 2. The Morgan fingerprint density at radius 1 is 1.33 bits per heavy atom. The number of amides is 1. The molecule has 2 rings (SSSR count). The second kappa shape index (κ2) is 6.04. The Bertz CT molecular complexity index is 717. The number of carboxylic acid groups (broad SMARTS) is 1. The minimum atomic E-state index is -0.997. The SMILES string of the molecule is Cc1cc(NC(=O)c2ccnn2C)ccc1C=CC(=O)O. The minimum absolute atomic E-state index is 0.247. The normalized spacial score (nSPS) is 10.8. The maximum absolute atomic E-state index is 12.0. The van der Waals surface area contributed by atoms with E-state index in [1.165, 1.54) is 10.8 Å². The summed E-state index contributed by atoms with van der Waals surface area (Å²) in [5.74, 6) is -1.24. The number of carbonyl (C=O) groups is 2. The molecule has 6 nitrogen and oxygen atoms in total. The summed E-state index contributed by atoms with van der Waals surface area (Å²) in [6, 6.07) is 6.90. The van der Waals surface area contributed by atoms with Crippen LogP contribution in [0.3, 0.4) is 0 Å². The third-order valence-corrected chi connectivity index (χ3v) is 2.99. The van der Waals surface area contributed by atoms with Crippen LogP contribution < -0.4 is 5.32 Å². The zero-order chi connectivity index (χ0) is 15.4. The highest BCUT2D eigenvalue weighted by atomic mass is 16.4. The third-order valence-electron chi connectivity index (χ3n) is 2.99. The molecule has 0 saturated carbocycles. The molecular weight excluding hydrogens is 270 g/mol. The van der Waals surface area contributed by atoms with Gasteiger partial charge in [-0.25, -0.2) is 4.79 Å². The van der Waals surface area contributed by atoms with Crippen LogP contribution in [0.25, 0.3) is 6.08 Å². The average Bonchev–Trinajstić information content (AvgIpc) is 2.84. The average molecular weight is 285 g/mol. The quantitative estimate of drug-likeness (QED) is 0.842. The number of aromatic nitrogens is 2. The zero-order valence-corrected chi connectivity index (χ0v) is 11.7. The fourth-order valence-corrected chi connectivity index (χ4v) is 1.89. The summed E-state index contributed by atoms with van der Waals surface area (Å²) in [5.41, 5.74) is 2.76. The van der Waals surface area contributed by atoms with Crippen molar-refractivity contribution in [2.45, 2.75) is 6.92 Å². The van der Waals surface area contributed by atoms with Crippen LogP contribution in [0.1, 0.15) is 21.6 Å². The van der Waals surface area contributed by atoms with E-state index in [4.69, 9.17) is 5.11 Å². The van der Waals surface area contributed by atoms with Crippen LogP contribution >= 0.6 is 0 Å². The number of nitrogens with one attached hydrogen (secondary N) is 1. The molecule has 0 saturated heterocycles. The fraction of sp³-hybridized carbons (Fsp3) is 0.133. The summed E-state index contributed by atoms with van der Waals surface area (Å²) in [6.07, 6.45) is 4.15. The lowest BCUT2D eigenvalue weighted by Gasteiger charge is -2.08. The third kappa shape index (κ3) is 3.56. The Labute approximate surface area is 121 Å². The van der Waals surface area contributed by atoms with E-state index in [1.807, 2.05) is 6.92 Å². The van der Waals surface area contributed by atoms with Crippen molar-refractivity contribution < 1.29 is 14.7 Å². The van der Waals surface area contributed by atoms with Crippen molar-refractivity contribution in [3.8, 4) is 0 Å². The van der Waals surface area contributed by atoms with Gasteiger partial charge in [-0.2, -0.15) is 5.10 Å². The van der Waals surface area contributed by atoms with Gasteiger partial charge in [-0.1, -0.05) is 6.07 Å². The van der Waals surface area contributed by atoms with Gasteiger partial charge in [0.25, 0.3) is 5.91 Å². The maximum atomic E-state index is 12.0. The summed E-state index contributed by atoms with van der Waals surface area (Å²) in [4.78, 5) is 22.6. The lowest BCUT2D eigenvalue weighted by molar-refractivity contribution is -0.131. The molecule has 21 heavy (non-hydrogen) atoms. The number of hydrogen-bond donors (Lipinski definition) is 2. The van der Waals surface area contributed by atoms with Gasteiger partial charge in [0.15, 0.2) is 0 Å². The molecule has 0 spiro atoms. The molecule has 0 aliphatic rings. The molecular formula is C15H15N3O3. The van der Waals surface area contributed by atoms with Gasteiger partial charge in [0.1, 0.15) is 5.69 Å². The summed E-state index contributed by atoms with van der Waals surface area (Å²) >= 11 is 0. The first-order valence-electron chi connectivity index (χ1n) is 6.28. The van der Waals surface area contributed by atoms with Gasteiger partial charge in [0, 0.05) is 25.0 Å². The van der Waals surface area contributed by atoms with Crippen molar-refractivity contribution in [2.75, 3.05) is 5.32 Å². The van der Waals surface area contributed by atoms with Crippen molar-refractivity contribution in [1.82, 2.24) is 9.78 Å². The number of benzene rings is 1. The summed E-state index contributed by atoms with van der Waals surface area (Å²) in [5, 5.41) is 15.3. The maximum Gasteiger partial charge on any atom is 0.328 e. The lowest BCUT2D eigenvalue weighted by Crippen LogP contribution is -2.16. The minimum Gasteiger partial charge on any atom is -0.478 e. The van der Waals surface area contributed by atoms with E-state index in [0.717, 1.165) is 17.2 Å².